The zero-order valence-electron chi connectivity index (χ0n) is 8.51. The third-order valence-corrected chi connectivity index (χ3v) is 2.64. The Labute approximate surface area is 83.9 Å². The quantitative estimate of drug-likeness (QED) is 0.268. The van der Waals surface area contributed by atoms with Gasteiger partial charge in [-0.05, 0) is 25.7 Å². The molecule has 1 rings (SSSR count). The first-order valence-corrected chi connectivity index (χ1v) is 4.87. The monoisotopic (exact) mass is 202 g/mol. The summed E-state index contributed by atoms with van der Waals surface area (Å²) in [6, 6.07) is 0. The number of rotatable bonds is 5. The van der Waals surface area contributed by atoms with Crippen LogP contribution in [0.1, 0.15) is 25.7 Å². The molecule has 1 aliphatic carbocycles. The van der Waals surface area contributed by atoms with Gasteiger partial charge in [0, 0.05) is 7.11 Å². The molecule has 0 saturated heterocycles. The van der Waals surface area contributed by atoms with E-state index in [1.165, 1.54) is 0 Å². The number of ether oxygens (including phenoxy) is 2. The van der Waals surface area contributed by atoms with Crippen LogP contribution < -0.4 is 5.48 Å². The molecule has 0 unspecified atom stereocenters. The molecular formula is C9H18N2O3. The molecule has 1 aliphatic rings. The van der Waals surface area contributed by atoms with Crippen LogP contribution in [0, 0.1) is 5.41 Å². The van der Waals surface area contributed by atoms with Gasteiger partial charge < -0.3 is 9.47 Å². The van der Waals surface area contributed by atoms with Crippen molar-refractivity contribution in [2.24, 2.45) is 0 Å². The summed E-state index contributed by atoms with van der Waals surface area (Å²) in [6.45, 7) is 0.973. The Morgan fingerprint density at radius 1 is 1.43 bits per heavy atom. The lowest BCUT2D eigenvalue weighted by atomic mass is 10.0. The lowest BCUT2D eigenvalue weighted by Gasteiger charge is -2.28. The minimum absolute atomic E-state index is 0.0612. The highest BCUT2D eigenvalue weighted by atomic mass is 16.5. The smallest absolute Gasteiger partial charge is 0.150 e. The summed E-state index contributed by atoms with van der Waals surface area (Å²) in [7, 11) is 1.61. The summed E-state index contributed by atoms with van der Waals surface area (Å²) < 4.78 is 10.5. The molecule has 0 aromatic rings. The van der Waals surface area contributed by atoms with Crippen LogP contribution in [-0.2, 0) is 9.47 Å². The first kappa shape index (κ1) is 11.4. The predicted molar refractivity (Wildman–Crippen MR) is 51.7 cm³/mol. The Morgan fingerprint density at radius 3 is 2.57 bits per heavy atom. The van der Waals surface area contributed by atoms with Crippen molar-refractivity contribution in [3.63, 3.8) is 0 Å². The van der Waals surface area contributed by atoms with Crippen LogP contribution in [-0.4, -0.2) is 37.0 Å². The minimum atomic E-state index is -0.604. The van der Waals surface area contributed by atoms with Crippen LogP contribution in [0.25, 0.3) is 0 Å². The molecule has 0 aliphatic heterocycles. The van der Waals surface area contributed by atoms with Gasteiger partial charge >= 0.3 is 0 Å². The molecular weight excluding hydrogens is 184 g/mol. The van der Waals surface area contributed by atoms with Gasteiger partial charge in [-0.1, -0.05) is 0 Å². The van der Waals surface area contributed by atoms with Crippen LogP contribution in [0.2, 0.25) is 0 Å². The van der Waals surface area contributed by atoms with E-state index in [0.29, 0.717) is 13.2 Å². The average Bonchev–Trinajstić information content (AvgIpc) is 2.67. The van der Waals surface area contributed by atoms with Crippen molar-refractivity contribution in [3.8, 4) is 0 Å². The Bertz CT molecular complexity index is 190. The van der Waals surface area contributed by atoms with Crippen LogP contribution in [0.3, 0.4) is 0 Å². The molecule has 0 amide bonds. The molecule has 0 heterocycles. The summed E-state index contributed by atoms with van der Waals surface area (Å²) in [4.78, 5) is 0. The molecule has 3 N–H and O–H groups in total. The SMILES string of the molecule is COCCOC1(C(=N)NO)CCCC1. The maximum Gasteiger partial charge on any atom is 0.150 e. The highest BCUT2D eigenvalue weighted by Gasteiger charge is 2.39. The first-order chi connectivity index (χ1) is 6.75. The van der Waals surface area contributed by atoms with E-state index < -0.39 is 5.60 Å². The maximum atomic E-state index is 8.73. The minimum Gasteiger partial charge on any atom is -0.382 e. The van der Waals surface area contributed by atoms with Crippen LogP contribution in [0.5, 0.6) is 0 Å². The van der Waals surface area contributed by atoms with Crippen molar-refractivity contribution in [3.05, 3.63) is 0 Å². The van der Waals surface area contributed by atoms with Crippen LogP contribution >= 0.6 is 0 Å². The normalized spacial score (nSPS) is 19.6. The second kappa shape index (κ2) is 5.29. The third kappa shape index (κ3) is 2.43. The predicted octanol–water partition coefficient (Wildman–Crippen LogP) is 0.918. The zero-order valence-corrected chi connectivity index (χ0v) is 8.51. The van der Waals surface area contributed by atoms with Gasteiger partial charge in [0.15, 0.2) is 5.84 Å². The van der Waals surface area contributed by atoms with E-state index in [-0.39, 0.29) is 5.84 Å². The summed E-state index contributed by atoms with van der Waals surface area (Å²) in [6.07, 6.45) is 3.67. The van der Waals surface area contributed by atoms with Gasteiger partial charge in [0.1, 0.15) is 5.60 Å². The number of amidine groups is 1. The van der Waals surface area contributed by atoms with Gasteiger partial charge in [0.2, 0.25) is 0 Å². The molecule has 0 atom stereocenters. The Balaban J connectivity index is 2.49. The van der Waals surface area contributed by atoms with Crippen molar-refractivity contribution in [2.75, 3.05) is 20.3 Å². The number of nitrogens with one attached hydrogen (secondary N) is 2. The molecule has 1 saturated carbocycles. The molecule has 0 radical (unpaired) electrons. The molecule has 1 fully saturated rings. The van der Waals surface area contributed by atoms with Crippen LogP contribution in [0.4, 0.5) is 0 Å². The van der Waals surface area contributed by atoms with Crippen molar-refractivity contribution in [2.45, 2.75) is 31.3 Å². The highest BCUT2D eigenvalue weighted by Crippen LogP contribution is 2.33. The van der Waals surface area contributed by atoms with E-state index in [9.17, 15) is 0 Å². The van der Waals surface area contributed by atoms with Gasteiger partial charge in [0.05, 0.1) is 13.2 Å². The molecule has 14 heavy (non-hydrogen) atoms. The highest BCUT2D eigenvalue weighted by molar-refractivity contribution is 5.87. The fourth-order valence-corrected chi connectivity index (χ4v) is 1.83. The standard InChI is InChI=1S/C9H18N2O3/c1-13-6-7-14-9(8(10)11-12)4-2-3-5-9/h12H,2-7H2,1H3,(H2,10,11). The average molecular weight is 202 g/mol. The number of hydrogen-bond acceptors (Lipinski definition) is 4. The summed E-state index contributed by atoms with van der Waals surface area (Å²) in [5, 5.41) is 16.3. The van der Waals surface area contributed by atoms with Crippen molar-refractivity contribution >= 4 is 5.84 Å². The van der Waals surface area contributed by atoms with Crippen LogP contribution in [0.15, 0.2) is 0 Å². The molecule has 0 bridgehead atoms. The molecule has 0 spiro atoms. The largest absolute Gasteiger partial charge is 0.382 e. The van der Waals surface area contributed by atoms with Gasteiger partial charge in [-0.25, -0.2) is 0 Å². The lowest BCUT2D eigenvalue weighted by Crippen LogP contribution is -2.45. The van der Waals surface area contributed by atoms with E-state index in [0.717, 1.165) is 25.7 Å². The molecule has 0 aromatic heterocycles. The lowest BCUT2D eigenvalue weighted by molar-refractivity contribution is -0.0216. The van der Waals surface area contributed by atoms with E-state index in [2.05, 4.69) is 0 Å². The third-order valence-electron chi connectivity index (χ3n) is 2.64. The fourth-order valence-electron chi connectivity index (χ4n) is 1.83. The second-order valence-corrected chi connectivity index (χ2v) is 3.53. The second-order valence-electron chi connectivity index (χ2n) is 3.53. The molecule has 5 nitrogen and oxygen atoms in total. The van der Waals surface area contributed by atoms with E-state index in [1.807, 2.05) is 5.48 Å². The number of hydrogen-bond donors (Lipinski definition) is 3. The fraction of sp³-hybridized carbons (Fsp3) is 0.889. The maximum absolute atomic E-state index is 8.73. The van der Waals surface area contributed by atoms with Crippen molar-refractivity contribution in [1.29, 1.82) is 5.41 Å². The number of hydroxylamine groups is 1. The van der Waals surface area contributed by atoms with E-state index in [1.54, 1.807) is 7.11 Å². The first-order valence-electron chi connectivity index (χ1n) is 4.87. The van der Waals surface area contributed by atoms with E-state index >= 15 is 0 Å². The van der Waals surface area contributed by atoms with E-state index in [4.69, 9.17) is 20.1 Å². The Kier molecular flexibility index (Phi) is 4.31. The van der Waals surface area contributed by atoms with Crippen molar-refractivity contribution < 1.29 is 14.7 Å². The molecule has 82 valence electrons. The topological polar surface area (TPSA) is 74.6 Å². The van der Waals surface area contributed by atoms with Gasteiger partial charge in [-0.2, -0.15) is 0 Å². The Hall–Kier alpha value is -0.650. The molecule has 0 aromatic carbocycles. The summed E-state index contributed by atoms with van der Waals surface area (Å²) >= 11 is 0. The Morgan fingerprint density at radius 2 is 2.07 bits per heavy atom. The summed E-state index contributed by atoms with van der Waals surface area (Å²) in [5.41, 5.74) is 1.29. The molecule has 5 heteroatoms. The van der Waals surface area contributed by atoms with Gasteiger partial charge in [0.25, 0.3) is 0 Å². The summed E-state index contributed by atoms with van der Waals surface area (Å²) in [5.74, 6) is 0.0612. The van der Waals surface area contributed by atoms with Gasteiger partial charge in [-0.3, -0.25) is 16.1 Å². The number of methoxy groups -OCH3 is 1. The zero-order chi connectivity index (χ0) is 10.4. The van der Waals surface area contributed by atoms with Gasteiger partial charge in [-0.15, -0.1) is 0 Å². The van der Waals surface area contributed by atoms with Crippen molar-refractivity contribution in [1.82, 2.24) is 5.48 Å².